The summed E-state index contributed by atoms with van der Waals surface area (Å²) in [7, 11) is 0. The van der Waals surface area contributed by atoms with Crippen molar-refractivity contribution < 1.29 is 9.21 Å². The van der Waals surface area contributed by atoms with Gasteiger partial charge in [0.2, 0.25) is 5.91 Å². The predicted molar refractivity (Wildman–Crippen MR) is 121 cm³/mol. The summed E-state index contributed by atoms with van der Waals surface area (Å²) in [6.45, 7) is 4.74. The summed E-state index contributed by atoms with van der Waals surface area (Å²) in [5.41, 5.74) is 2.28. The molecule has 8 heteroatoms. The summed E-state index contributed by atoms with van der Waals surface area (Å²) in [5, 5.41) is 12.1. The van der Waals surface area contributed by atoms with Crippen molar-refractivity contribution in [1.29, 1.82) is 0 Å². The van der Waals surface area contributed by atoms with E-state index in [2.05, 4.69) is 39.5 Å². The minimum Gasteiger partial charge on any atom is -0.468 e. The van der Waals surface area contributed by atoms with Gasteiger partial charge in [0.05, 0.1) is 23.7 Å². The van der Waals surface area contributed by atoms with Gasteiger partial charge in [-0.05, 0) is 56.1 Å². The molecule has 164 valence electrons. The Morgan fingerprint density at radius 2 is 2.03 bits per heavy atom. The Labute approximate surface area is 187 Å². The molecular formula is C23H29N5O2S. The van der Waals surface area contributed by atoms with E-state index in [1.807, 2.05) is 28.8 Å². The normalized spacial score (nSPS) is 15.6. The number of benzene rings is 1. The molecule has 3 heterocycles. The summed E-state index contributed by atoms with van der Waals surface area (Å²) in [6, 6.07) is 12.2. The van der Waals surface area contributed by atoms with Crippen LogP contribution in [0.5, 0.6) is 0 Å². The van der Waals surface area contributed by atoms with Gasteiger partial charge in [0, 0.05) is 6.54 Å². The van der Waals surface area contributed by atoms with E-state index in [1.165, 1.54) is 36.6 Å². The zero-order valence-electron chi connectivity index (χ0n) is 17.9. The van der Waals surface area contributed by atoms with Gasteiger partial charge in [-0.1, -0.05) is 43.3 Å². The molecule has 1 aromatic carbocycles. The third kappa shape index (κ3) is 5.37. The molecule has 31 heavy (non-hydrogen) atoms. The van der Waals surface area contributed by atoms with E-state index in [0.717, 1.165) is 36.1 Å². The van der Waals surface area contributed by atoms with Gasteiger partial charge in [-0.3, -0.25) is 14.3 Å². The highest BCUT2D eigenvalue weighted by atomic mass is 32.2. The van der Waals surface area contributed by atoms with Crippen LogP contribution in [0.4, 0.5) is 0 Å². The zero-order chi connectivity index (χ0) is 21.5. The Bertz CT molecular complexity index is 966. The van der Waals surface area contributed by atoms with Gasteiger partial charge in [-0.15, -0.1) is 10.2 Å². The third-order valence-corrected chi connectivity index (χ3v) is 6.62. The van der Waals surface area contributed by atoms with Gasteiger partial charge in [-0.25, -0.2) is 0 Å². The first kappa shape index (κ1) is 21.6. The number of carbonyl (C=O) groups excluding carboxylic acids is 1. The van der Waals surface area contributed by atoms with E-state index in [4.69, 9.17) is 4.42 Å². The summed E-state index contributed by atoms with van der Waals surface area (Å²) in [4.78, 5) is 15.0. The lowest BCUT2D eigenvalue weighted by molar-refractivity contribution is -0.118. The molecule has 0 bridgehead atoms. The molecular weight excluding hydrogens is 410 g/mol. The number of thioether (sulfide) groups is 1. The van der Waals surface area contributed by atoms with Crippen LogP contribution in [0.25, 0.3) is 5.69 Å². The topological polar surface area (TPSA) is 76.2 Å². The average molecular weight is 440 g/mol. The molecule has 1 aliphatic heterocycles. The summed E-state index contributed by atoms with van der Waals surface area (Å²) >= 11 is 1.40. The van der Waals surface area contributed by atoms with E-state index in [1.54, 1.807) is 12.6 Å². The number of carbonyl (C=O) groups is 1. The van der Waals surface area contributed by atoms with Gasteiger partial charge < -0.3 is 9.73 Å². The molecule has 1 amide bonds. The van der Waals surface area contributed by atoms with Crippen molar-refractivity contribution in [3.05, 3.63) is 60.3 Å². The number of aryl methyl sites for hydroxylation is 1. The molecule has 1 aliphatic rings. The smallest absolute Gasteiger partial charge is 0.230 e. The number of hydrogen-bond acceptors (Lipinski definition) is 6. The van der Waals surface area contributed by atoms with Crippen LogP contribution in [0.15, 0.2) is 58.6 Å². The zero-order valence-corrected chi connectivity index (χ0v) is 18.7. The van der Waals surface area contributed by atoms with Crippen molar-refractivity contribution in [2.45, 2.75) is 43.8 Å². The first-order chi connectivity index (χ1) is 15.3. The second-order valence-electron chi connectivity index (χ2n) is 7.69. The Balaban J connectivity index is 1.36. The van der Waals surface area contributed by atoms with E-state index >= 15 is 0 Å². The van der Waals surface area contributed by atoms with Crippen LogP contribution in [-0.2, 0) is 11.2 Å². The fraction of sp³-hybridized carbons (Fsp3) is 0.435. The lowest BCUT2D eigenvalue weighted by Gasteiger charge is -2.33. The number of aromatic nitrogens is 3. The van der Waals surface area contributed by atoms with Gasteiger partial charge in [0.1, 0.15) is 12.1 Å². The summed E-state index contributed by atoms with van der Waals surface area (Å²) < 4.78 is 7.62. The van der Waals surface area contributed by atoms with Crippen LogP contribution >= 0.6 is 11.8 Å². The highest BCUT2D eigenvalue weighted by molar-refractivity contribution is 7.99. The minimum atomic E-state index is -0.0168. The first-order valence-corrected chi connectivity index (χ1v) is 11.9. The van der Waals surface area contributed by atoms with Crippen molar-refractivity contribution in [1.82, 2.24) is 25.0 Å². The Morgan fingerprint density at radius 3 is 2.81 bits per heavy atom. The van der Waals surface area contributed by atoms with Crippen molar-refractivity contribution in [2.24, 2.45) is 0 Å². The highest BCUT2D eigenvalue weighted by Gasteiger charge is 2.25. The molecule has 1 fully saturated rings. The summed E-state index contributed by atoms with van der Waals surface area (Å²) in [5.74, 6) is 1.18. The molecule has 0 aliphatic carbocycles. The van der Waals surface area contributed by atoms with Crippen LogP contribution in [0, 0.1) is 0 Å². The minimum absolute atomic E-state index is 0.0168. The largest absolute Gasteiger partial charge is 0.468 e. The SMILES string of the molecule is CCc1ccccc1-n1cnnc1SCC(=O)NCC(c1ccco1)N1CCCCC1. The van der Waals surface area contributed by atoms with Gasteiger partial charge in [-0.2, -0.15) is 0 Å². The number of para-hydroxylation sites is 1. The highest BCUT2D eigenvalue weighted by Crippen LogP contribution is 2.25. The maximum Gasteiger partial charge on any atom is 0.230 e. The van der Waals surface area contributed by atoms with Crippen LogP contribution < -0.4 is 5.32 Å². The molecule has 3 aromatic rings. The number of nitrogens with zero attached hydrogens (tertiary/aromatic N) is 4. The van der Waals surface area contributed by atoms with E-state index in [0.29, 0.717) is 6.54 Å². The molecule has 0 radical (unpaired) electrons. The molecule has 1 saturated heterocycles. The van der Waals surface area contributed by atoms with Crippen molar-refractivity contribution in [3.8, 4) is 5.69 Å². The number of piperidine rings is 1. The average Bonchev–Trinajstić information content (AvgIpc) is 3.51. The second kappa shape index (κ2) is 10.6. The Morgan fingerprint density at radius 1 is 1.19 bits per heavy atom. The molecule has 7 nitrogen and oxygen atoms in total. The fourth-order valence-electron chi connectivity index (χ4n) is 4.05. The van der Waals surface area contributed by atoms with Crippen molar-refractivity contribution in [2.75, 3.05) is 25.4 Å². The molecule has 1 N–H and O–H groups in total. The number of nitrogens with one attached hydrogen (secondary N) is 1. The van der Waals surface area contributed by atoms with E-state index in [9.17, 15) is 4.79 Å². The molecule has 1 atom stereocenters. The third-order valence-electron chi connectivity index (χ3n) is 5.68. The van der Waals surface area contributed by atoms with Crippen LogP contribution in [-0.4, -0.2) is 51.0 Å². The van der Waals surface area contributed by atoms with Crippen LogP contribution in [0.2, 0.25) is 0 Å². The lowest BCUT2D eigenvalue weighted by Crippen LogP contribution is -2.40. The molecule has 2 aromatic heterocycles. The van der Waals surface area contributed by atoms with Crippen LogP contribution in [0.3, 0.4) is 0 Å². The maximum atomic E-state index is 12.6. The Hall–Kier alpha value is -2.58. The molecule has 4 rings (SSSR count). The number of likely N-dealkylation sites (tertiary alicyclic amines) is 1. The van der Waals surface area contributed by atoms with Gasteiger partial charge in [0.15, 0.2) is 5.16 Å². The lowest BCUT2D eigenvalue weighted by atomic mass is 10.1. The van der Waals surface area contributed by atoms with Gasteiger partial charge >= 0.3 is 0 Å². The first-order valence-electron chi connectivity index (χ1n) is 10.9. The molecule has 0 spiro atoms. The number of rotatable bonds is 9. The fourth-order valence-corrected chi connectivity index (χ4v) is 4.80. The van der Waals surface area contributed by atoms with Crippen molar-refractivity contribution >= 4 is 17.7 Å². The van der Waals surface area contributed by atoms with E-state index in [-0.39, 0.29) is 17.7 Å². The number of hydrogen-bond donors (Lipinski definition) is 1. The van der Waals surface area contributed by atoms with Gasteiger partial charge in [0.25, 0.3) is 0 Å². The number of amides is 1. The standard InChI is InChI=1S/C23H29N5O2S/c1-2-18-9-4-5-10-19(18)28-17-25-26-23(28)31-16-22(29)24-15-20(21-11-8-14-30-21)27-12-6-3-7-13-27/h4-5,8-11,14,17,20H,2-3,6-7,12-13,15-16H2,1H3,(H,24,29). The molecule has 1 unspecified atom stereocenters. The number of furan rings is 1. The Kier molecular flexibility index (Phi) is 7.43. The molecule has 0 saturated carbocycles. The predicted octanol–water partition coefficient (Wildman–Crippen LogP) is 3.86. The summed E-state index contributed by atoms with van der Waals surface area (Å²) in [6.07, 6.45) is 7.98. The van der Waals surface area contributed by atoms with Crippen LogP contribution in [0.1, 0.15) is 43.6 Å². The van der Waals surface area contributed by atoms with Crippen molar-refractivity contribution in [3.63, 3.8) is 0 Å². The monoisotopic (exact) mass is 439 g/mol. The quantitative estimate of drug-likeness (QED) is 0.510. The maximum absolute atomic E-state index is 12.6. The second-order valence-corrected chi connectivity index (χ2v) is 8.63. The van der Waals surface area contributed by atoms with E-state index < -0.39 is 0 Å².